The van der Waals surface area contributed by atoms with Crippen molar-refractivity contribution < 1.29 is 14.4 Å². The second-order valence-electron chi connectivity index (χ2n) is 5.43. The van der Waals surface area contributed by atoms with Gasteiger partial charge in [0, 0.05) is 15.4 Å². The Morgan fingerprint density at radius 3 is 2.37 bits per heavy atom. The van der Waals surface area contributed by atoms with Crippen LogP contribution in [-0.2, 0) is 11.4 Å². The van der Waals surface area contributed by atoms with Gasteiger partial charge < -0.3 is 9.57 Å². The molecular formula is C19H14Cl2N2O3S. The Labute approximate surface area is 170 Å². The largest absolute Gasteiger partial charge is 0.486 e. The number of aromatic nitrogens is 1. The quantitative estimate of drug-likeness (QED) is 0.295. The topological polar surface area (TPSA) is 60.8 Å². The van der Waals surface area contributed by atoms with Gasteiger partial charge in [0.05, 0.1) is 11.3 Å². The third-order valence-corrected chi connectivity index (χ3v) is 4.77. The lowest BCUT2D eigenvalue weighted by Gasteiger charge is -2.03. The number of benzene rings is 2. The van der Waals surface area contributed by atoms with Gasteiger partial charge in [-0.15, -0.1) is 11.3 Å². The van der Waals surface area contributed by atoms with E-state index < -0.39 is 5.97 Å². The van der Waals surface area contributed by atoms with Crippen LogP contribution in [0.2, 0.25) is 10.0 Å². The summed E-state index contributed by atoms with van der Waals surface area (Å²) in [5, 5.41) is 7.66. The van der Waals surface area contributed by atoms with Crippen LogP contribution in [0, 0.1) is 0 Å². The number of ether oxygens (including phenoxy) is 1. The van der Waals surface area contributed by atoms with E-state index in [0.717, 1.165) is 5.01 Å². The summed E-state index contributed by atoms with van der Waals surface area (Å²) in [6, 6.07) is 13.5. The van der Waals surface area contributed by atoms with E-state index in [1.807, 2.05) is 5.38 Å². The molecule has 0 fully saturated rings. The van der Waals surface area contributed by atoms with Gasteiger partial charge in [0.1, 0.15) is 23.1 Å². The number of carbonyl (C=O) groups is 1. The number of oxime groups is 1. The van der Waals surface area contributed by atoms with E-state index in [0.29, 0.717) is 39.4 Å². The molecular weight excluding hydrogens is 407 g/mol. The summed E-state index contributed by atoms with van der Waals surface area (Å²) in [6.07, 6.45) is 0. The molecule has 0 bridgehead atoms. The zero-order valence-electron chi connectivity index (χ0n) is 14.2. The smallest absolute Gasteiger partial charge is 0.365 e. The molecule has 0 saturated carbocycles. The van der Waals surface area contributed by atoms with Crippen molar-refractivity contribution >= 4 is 46.2 Å². The predicted octanol–water partition coefficient (Wildman–Crippen LogP) is 5.61. The fourth-order valence-electron chi connectivity index (χ4n) is 2.01. The highest BCUT2D eigenvalue weighted by molar-refractivity contribution is 7.09. The fraction of sp³-hybridized carbons (Fsp3) is 0.105. The number of hydrogen-bond acceptors (Lipinski definition) is 6. The summed E-state index contributed by atoms with van der Waals surface area (Å²) in [5.41, 5.74) is 1.48. The standard InChI is InChI=1S/C19H14Cl2N2O3S/c1-12(23-26-19(24)13-2-4-14(20)5-3-13)17-11-27-18(22-17)10-25-16-8-6-15(21)7-9-16/h2-9,11H,10H2,1H3/b23-12+. The number of halogens is 2. The van der Waals surface area contributed by atoms with E-state index in [9.17, 15) is 4.79 Å². The molecule has 0 saturated heterocycles. The minimum Gasteiger partial charge on any atom is -0.486 e. The Hall–Kier alpha value is -2.41. The monoisotopic (exact) mass is 420 g/mol. The first-order valence-electron chi connectivity index (χ1n) is 7.86. The van der Waals surface area contributed by atoms with Crippen LogP contribution in [-0.4, -0.2) is 16.7 Å². The van der Waals surface area contributed by atoms with E-state index in [4.69, 9.17) is 32.8 Å². The maximum atomic E-state index is 12.0. The Balaban J connectivity index is 1.57. The molecule has 2 aromatic carbocycles. The van der Waals surface area contributed by atoms with Crippen LogP contribution in [0.25, 0.3) is 0 Å². The van der Waals surface area contributed by atoms with Crippen molar-refractivity contribution in [2.24, 2.45) is 5.16 Å². The first kappa shape index (κ1) is 19.4. The zero-order chi connectivity index (χ0) is 19.2. The number of carbonyl (C=O) groups excluding carboxylic acids is 1. The highest BCUT2D eigenvalue weighted by Gasteiger charge is 2.10. The van der Waals surface area contributed by atoms with Crippen molar-refractivity contribution in [1.29, 1.82) is 0 Å². The molecule has 3 aromatic rings. The number of thiazole rings is 1. The Morgan fingerprint density at radius 1 is 1.07 bits per heavy atom. The third kappa shape index (κ3) is 5.53. The van der Waals surface area contributed by atoms with Gasteiger partial charge >= 0.3 is 5.97 Å². The van der Waals surface area contributed by atoms with Crippen molar-refractivity contribution in [2.75, 3.05) is 0 Å². The van der Waals surface area contributed by atoms with Gasteiger partial charge in [-0.2, -0.15) is 0 Å². The molecule has 0 atom stereocenters. The molecule has 0 amide bonds. The van der Waals surface area contributed by atoms with Crippen molar-refractivity contribution in [3.63, 3.8) is 0 Å². The van der Waals surface area contributed by atoms with E-state index in [1.54, 1.807) is 55.5 Å². The summed E-state index contributed by atoms with van der Waals surface area (Å²) >= 11 is 13.1. The lowest BCUT2D eigenvalue weighted by molar-refractivity contribution is 0.0516. The van der Waals surface area contributed by atoms with Crippen LogP contribution >= 0.6 is 34.5 Å². The van der Waals surface area contributed by atoms with Gasteiger partial charge in [-0.25, -0.2) is 9.78 Å². The first-order chi connectivity index (χ1) is 13.0. The molecule has 3 rings (SSSR count). The van der Waals surface area contributed by atoms with Gasteiger partial charge in [0.15, 0.2) is 0 Å². The second kappa shape index (κ2) is 8.99. The van der Waals surface area contributed by atoms with Crippen LogP contribution in [0.15, 0.2) is 59.1 Å². The SMILES string of the molecule is C/C(=N\OC(=O)c1ccc(Cl)cc1)c1csc(COc2ccc(Cl)cc2)n1. The van der Waals surface area contributed by atoms with E-state index in [2.05, 4.69) is 10.1 Å². The first-order valence-corrected chi connectivity index (χ1v) is 9.49. The lowest BCUT2D eigenvalue weighted by Crippen LogP contribution is -2.04. The molecule has 8 heteroatoms. The summed E-state index contributed by atoms with van der Waals surface area (Å²) in [4.78, 5) is 21.4. The summed E-state index contributed by atoms with van der Waals surface area (Å²) in [6.45, 7) is 2.04. The second-order valence-corrected chi connectivity index (χ2v) is 7.25. The van der Waals surface area contributed by atoms with Crippen molar-refractivity contribution in [3.8, 4) is 5.75 Å². The summed E-state index contributed by atoms with van der Waals surface area (Å²) in [5.74, 6) is 0.144. The molecule has 27 heavy (non-hydrogen) atoms. The van der Waals surface area contributed by atoms with Gasteiger partial charge in [0.2, 0.25) is 0 Å². The zero-order valence-corrected chi connectivity index (χ0v) is 16.5. The highest BCUT2D eigenvalue weighted by atomic mass is 35.5. The van der Waals surface area contributed by atoms with E-state index in [1.165, 1.54) is 11.3 Å². The van der Waals surface area contributed by atoms with Gasteiger partial charge in [-0.3, -0.25) is 0 Å². The van der Waals surface area contributed by atoms with Crippen molar-refractivity contribution in [1.82, 2.24) is 4.98 Å². The molecule has 0 radical (unpaired) electrons. The van der Waals surface area contributed by atoms with Crippen molar-refractivity contribution in [3.05, 3.63) is 80.2 Å². The third-order valence-electron chi connectivity index (χ3n) is 3.44. The molecule has 0 aliphatic heterocycles. The van der Waals surface area contributed by atoms with Gasteiger partial charge in [-0.05, 0) is 55.5 Å². The Kier molecular flexibility index (Phi) is 6.45. The van der Waals surface area contributed by atoms with E-state index in [-0.39, 0.29) is 0 Å². The fourth-order valence-corrected chi connectivity index (χ4v) is 3.02. The van der Waals surface area contributed by atoms with Crippen LogP contribution < -0.4 is 4.74 Å². The van der Waals surface area contributed by atoms with Crippen LogP contribution in [0.3, 0.4) is 0 Å². The molecule has 138 valence electrons. The van der Waals surface area contributed by atoms with Crippen LogP contribution in [0.4, 0.5) is 0 Å². The Morgan fingerprint density at radius 2 is 1.70 bits per heavy atom. The van der Waals surface area contributed by atoms with Gasteiger partial charge in [-0.1, -0.05) is 28.4 Å². The Bertz CT molecular complexity index is 954. The molecule has 0 aliphatic carbocycles. The maximum Gasteiger partial charge on any atom is 0.365 e. The number of rotatable bonds is 6. The number of hydrogen-bond donors (Lipinski definition) is 0. The molecule has 5 nitrogen and oxygen atoms in total. The molecule has 0 N–H and O–H groups in total. The maximum absolute atomic E-state index is 12.0. The highest BCUT2D eigenvalue weighted by Crippen LogP contribution is 2.18. The summed E-state index contributed by atoms with van der Waals surface area (Å²) in [7, 11) is 0. The van der Waals surface area contributed by atoms with E-state index >= 15 is 0 Å². The van der Waals surface area contributed by atoms with Crippen LogP contribution in [0.1, 0.15) is 28.0 Å². The lowest BCUT2D eigenvalue weighted by atomic mass is 10.2. The minimum absolute atomic E-state index is 0.324. The van der Waals surface area contributed by atoms with Crippen LogP contribution in [0.5, 0.6) is 5.75 Å². The molecule has 0 unspecified atom stereocenters. The number of nitrogens with zero attached hydrogens (tertiary/aromatic N) is 2. The molecule has 1 aromatic heterocycles. The molecule has 0 spiro atoms. The van der Waals surface area contributed by atoms with Gasteiger partial charge in [0.25, 0.3) is 0 Å². The average Bonchev–Trinajstić information content (AvgIpc) is 3.15. The molecule has 1 heterocycles. The average molecular weight is 421 g/mol. The normalized spacial score (nSPS) is 11.3. The summed E-state index contributed by atoms with van der Waals surface area (Å²) < 4.78 is 5.66. The minimum atomic E-state index is -0.562. The molecule has 0 aliphatic rings. The van der Waals surface area contributed by atoms with Crippen molar-refractivity contribution in [2.45, 2.75) is 13.5 Å². The predicted molar refractivity (Wildman–Crippen MR) is 107 cm³/mol.